The lowest BCUT2D eigenvalue weighted by Crippen LogP contribution is -2.29. The summed E-state index contributed by atoms with van der Waals surface area (Å²) in [5.41, 5.74) is 5.76. The van der Waals surface area contributed by atoms with Crippen molar-refractivity contribution in [1.82, 2.24) is 15.4 Å². The van der Waals surface area contributed by atoms with Crippen LogP contribution >= 0.6 is 15.9 Å². The Bertz CT molecular complexity index is 501. The fraction of sp³-hybridized carbons (Fsp3) is 0. The molecular formula is C11H9BrN4O. The van der Waals surface area contributed by atoms with E-state index in [2.05, 4.69) is 36.7 Å². The number of nitrogens with zero attached hydrogens (tertiary/aromatic N) is 2. The predicted octanol–water partition coefficient (Wildman–Crippen LogP) is 2.00. The van der Waals surface area contributed by atoms with E-state index in [1.54, 1.807) is 30.5 Å². The van der Waals surface area contributed by atoms with Gasteiger partial charge >= 0.3 is 0 Å². The third-order valence-electron chi connectivity index (χ3n) is 1.97. The molecule has 2 N–H and O–H groups in total. The highest BCUT2D eigenvalue weighted by atomic mass is 79.9. The summed E-state index contributed by atoms with van der Waals surface area (Å²) in [5, 5.41) is 0. The number of carbonyl (C=O) groups is 1. The van der Waals surface area contributed by atoms with Crippen LogP contribution in [0.2, 0.25) is 0 Å². The minimum absolute atomic E-state index is 0.233. The van der Waals surface area contributed by atoms with Crippen molar-refractivity contribution in [3.63, 3.8) is 0 Å². The molecule has 0 radical (unpaired) electrons. The standard InChI is InChI=1S/C11H9BrN4O/c12-9-3-1-8(2-4-9)11(17)16-15-10-7-13-5-6-14-10/h1-7H,(H,14,15)(H,16,17). The van der Waals surface area contributed by atoms with E-state index in [1.165, 1.54) is 12.4 Å². The van der Waals surface area contributed by atoms with Crippen LogP contribution in [0.1, 0.15) is 10.4 Å². The van der Waals surface area contributed by atoms with Gasteiger partial charge in [-0.1, -0.05) is 15.9 Å². The van der Waals surface area contributed by atoms with Crippen LogP contribution in [0.3, 0.4) is 0 Å². The Morgan fingerprint density at radius 2 is 1.94 bits per heavy atom. The Morgan fingerprint density at radius 1 is 1.18 bits per heavy atom. The van der Waals surface area contributed by atoms with Crippen LogP contribution < -0.4 is 10.9 Å². The summed E-state index contributed by atoms with van der Waals surface area (Å²) >= 11 is 3.30. The Morgan fingerprint density at radius 3 is 2.59 bits per heavy atom. The lowest BCUT2D eigenvalue weighted by atomic mass is 10.2. The van der Waals surface area contributed by atoms with Gasteiger partial charge in [-0.2, -0.15) is 0 Å². The molecule has 1 aromatic carbocycles. The first-order valence-electron chi connectivity index (χ1n) is 4.83. The number of aromatic nitrogens is 2. The minimum Gasteiger partial charge on any atom is -0.280 e. The number of amides is 1. The van der Waals surface area contributed by atoms with Gasteiger partial charge in [0.05, 0.1) is 6.20 Å². The summed E-state index contributed by atoms with van der Waals surface area (Å²) in [6.07, 6.45) is 4.61. The molecule has 0 saturated carbocycles. The molecule has 2 aromatic rings. The molecule has 0 aliphatic heterocycles. The van der Waals surface area contributed by atoms with Gasteiger partial charge in [-0.3, -0.25) is 20.6 Å². The molecule has 1 aromatic heterocycles. The molecule has 0 spiro atoms. The highest BCUT2D eigenvalue weighted by Crippen LogP contribution is 2.10. The van der Waals surface area contributed by atoms with Gasteiger partial charge in [0.25, 0.3) is 5.91 Å². The van der Waals surface area contributed by atoms with Crippen molar-refractivity contribution in [3.8, 4) is 0 Å². The Labute approximate surface area is 106 Å². The SMILES string of the molecule is O=C(NNc1cnccn1)c1ccc(Br)cc1. The number of halogens is 1. The van der Waals surface area contributed by atoms with Crippen molar-refractivity contribution < 1.29 is 4.79 Å². The zero-order valence-electron chi connectivity index (χ0n) is 8.72. The van der Waals surface area contributed by atoms with E-state index < -0.39 is 0 Å². The van der Waals surface area contributed by atoms with E-state index in [0.717, 1.165) is 4.47 Å². The van der Waals surface area contributed by atoms with Gasteiger partial charge in [0, 0.05) is 22.4 Å². The number of carbonyl (C=O) groups excluding carboxylic acids is 1. The zero-order valence-corrected chi connectivity index (χ0v) is 10.3. The molecule has 0 fully saturated rings. The summed E-state index contributed by atoms with van der Waals surface area (Å²) in [6.45, 7) is 0. The fourth-order valence-corrected chi connectivity index (χ4v) is 1.42. The first-order valence-corrected chi connectivity index (χ1v) is 5.63. The van der Waals surface area contributed by atoms with Gasteiger partial charge in [0.1, 0.15) is 0 Å². The number of anilines is 1. The fourth-order valence-electron chi connectivity index (χ4n) is 1.16. The van der Waals surface area contributed by atoms with Crippen LogP contribution in [0.4, 0.5) is 5.82 Å². The molecule has 0 unspecified atom stereocenters. The average Bonchev–Trinajstić information content (AvgIpc) is 2.38. The minimum atomic E-state index is -0.233. The quantitative estimate of drug-likeness (QED) is 0.849. The maximum absolute atomic E-state index is 11.7. The molecular weight excluding hydrogens is 284 g/mol. The third-order valence-corrected chi connectivity index (χ3v) is 2.50. The molecule has 1 heterocycles. The second-order valence-corrected chi connectivity index (χ2v) is 4.09. The van der Waals surface area contributed by atoms with E-state index in [4.69, 9.17) is 0 Å². The lowest BCUT2D eigenvalue weighted by molar-refractivity contribution is 0.0962. The Kier molecular flexibility index (Phi) is 3.66. The summed E-state index contributed by atoms with van der Waals surface area (Å²) in [6, 6.07) is 7.05. The number of rotatable bonds is 3. The topological polar surface area (TPSA) is 66.9 Å². The monoisotopic (exact) mass is 292 g/mol. The van der Waals surface area contributed by atoms with E-state index in [1.807, 2.05) is 0 Å². The second kappa shape index (κ2) is 5.40. The smallest absolute Gasteiger partial charge is 0.269 e. The second-order valence-electron chi connectivity index (χ2n) is 3.18. The molecule has 0 aliphatic rings. The summed E-state index contributed by atoms with van der Waals surface area (Å²) in [7, 11) is 0. The Balaban J connectivity index is 1.96. The molecule has 0 saturated heterocycles. The number of hydrogen-bond donors (Lipinski definition) is 2. The highest BCUT2D eigenvalue weighted by Gasteiger charge is 2.04. The molecule has 5 nitrogen and oxygen atoms in total. The van der Waals surface area contributed by atoms with Crippen molar-refractivity contribution in [1.29, 1.82) is 0 Å². The number of benzene rings is 1. The number of nitrogens with one attached hydrogen (secondary N) is 2. The maximum atomic E-state index is 11.7. The molecule has 1 amide bonds. The van der Waals surface area contributed by atoms with Crippen molar-refractivity contribution >= 4 is 27.7 Å². The molecule has 0 bridgehead atoms. The summed E-state index contributed by atoms with van der Waals surface area (Å²) in [4.78, 5) is 19.5. The van der Waals surface area contributed by atoms with Crippen LogP contribution in [-0.4, -0.2) is 15.9 Å². The van der Waals surface area contributed by atoms with Gasteiger partial charge in [0.2, 0.25) is 0 Å². The van der Waals surface area contributed by atoms with Crippen molar-refractivity contribution in [3.05, 3.63) is 52.9 Å². The van der Waals surface area contributed by atoms with E-state index >= 15 is 0 Å². The van der Waals surface area contributed by atoms with E-state index in [9.17, 15) is 4.79 Å². The molecule has 2 rings (SSSR count). The molecule has 0 aliphatic carbocycles. The van der Waals surface area contributed by atoms with E-state index in [0.29, 0.717) is 11.4 Å². The van der Waals surface area contributed by atoms with Crippen LogP contribution in [-0.2, 0) is 0 Å². The number of hydrogen-bond acceptors (Lipinski definition) is 4. The van der Waals surface area contributed by atoms with Gasteiger partial charge in [-0.25, -0.2) is 4.98 Å². The first-order chi connectivity index (χ1) is 8.25. The normalized spacial score (nSPS) is 9.71. The van der Waals surface area contributed by atoms with Crippen molar-refractivity contribution in [2.24, 2.45) is 0 Å². The van der Waals surface area contributed by atoms with Crippen LogP contribution in [0.15, 0.2) is 47.3 Å². The van der Waals surface area contributed by atoms with Crippen LogP contribution in [0.25, 0.3) is 0 Å². The lowest BCUT2D eigenvalue weighted by Gasteiger charge is -2.06. The van der Waals surface area contributed by atoms with Gasteiger partial charge in [0.15, 0.2) is 5.82 Å². The largest absolute Gasteiger partial charge is 0.280 e. The highest BCUT2D eigenvalue weighted by molar-refractivity contribution is 9.10. The average molecular weight is 293 g/mol. The molecule has 0 atom stereocenters. The van der Waals surface area contributed by atoms with Crippen molar-refractivity contribution in [2.45, 2.75) is 0 Å². The molecule has 86 valence electrons. The van der Waals surface area contributed by atoms with Gasteiger partial charge in [-0.05, 0) is 24.3 Å². The predicted molar refractivity (Wildman–Crippen MR) is 67.3 cm³/mol. The Hall–Kier alpha value is -1.95. The van der Waals surface area contributed by atoms with Gasteiger partial charge < -0.3 is 0 Å². The number of hydrazine groups is 1. The maximum Gasteiger partial charge on any atom is 0.269 e. The summed E-state index contributed by atoms with van der Waals surface area (Å²) in [5.74, 6) is 0.251. The van der Waals surface area contributed by atoms with Crippen LogP contribution in [0, 0.1) is 0 Å². The van der Waals surface area contributed by atoms with Crippen molar-refractivity contribution in [2.75, 3.05) is 5.43 Å². The van der Waals surface area contributed by atoms with Crippen LogP contribution in [0.5, 0.6) is 0 Å². The van der Waals surface area contributed by atoms with Gasteiger partial charge in [-0.15, -0.1) is 0 Å². The summed E-state index contributed by atoms with van der Waals surface area (Å²) < 4.78 is 0.927. The first kappa shape index (κ1) is 11.5. The zero-order chi connectivity index (χ0) is 12.1. The molecule has 17 heavy (non-hydrogen) atoms. The third kappa shape index (κ3) is 3.25. The van der Waals surface area contributed by atoms with E-state index in [-0.39, 0.29) is 5.91 Å². The molecule has 6 heteroatoms.